The molecule has 12 nitrogen and oxygen atoms in total. The summed E-state index contributed by atoms with van der Waals surface area (Å²) in [5.41, 5.74) is 8.83. The van der Waals surface area contributed by atoms with E-state index in [1.54, 1.807) is 44.6 Å². The molecule has 3 amide bonds. The van der Waals surface area contributed by atoms with Gasteiger partial charge in [0.15, 0.2) is 17.5 Å². The Morgan fingerprint density at radius 3 is 2.27 bits per heavy atom. The molecule has 268 valence electrons. The van der Waals surface area contributed by atoms with Crippen LogP contribution in [-0.2, 0) is 27.9 Å². The molecular formula is C37H41BrN4O8S+2. The SMILES string of the molecule is COc1ccc(C[N+]2(C)CCC/C(=[N+](/C(=O)Nc3ccc(OS(=O)(=O)c4ccccc4Br)cc3)[C@@H](Cc3ccc(O)cc3)C(N)=O)C2)cc1OC. The van der Waals surface area contributed by atoms with Gasteiger partial charge in [0.2, 0.25) is 0 Å². The number of ether oxygens (including phenoxy) is 2. The van der Waals surface area contributed by atoms with Crippen molar-refractivity contribution in [2.45, 2.75) is 36.7 Å². The second kappa shape index (κ2) is 16.0. The minimum Gasteiger partial charge on any atom is -0.508 e. The summed E-state index contributed by atoms with van der Waals surface area (Å²) < 4.78 is 44.4. The van der Waals surface area contributed by atoms with Gasteiger partial charge in [0.1, 0.15) is 40.9 Å². The zero-order chi connectivity index (χ0) is 36.8. The Balaban J connectivity index is 1.45. The number of likely N-dealkylation sites (tertiary alicyclic amines) is 1. The number of phenols is 1. The number of halogens is 1. The second-order valence-corrected chi connectivity index (χ2v) is 15.0. The summed E-state index contributed by atoms with van der Waals surface area (Å²) in [6, 6.07) is 22.8. The Bertz CT molecular complexity index is 2040. The van der Waals surface area contributed by atoms with Crippen LogP contribution in [-0.4, -0.2) is 80.6 Å². The average Bonchev–Trinajstić information content (AvgIpc) is 3.09. The van der Waals surface area contributed by atoms with Crippen molar-refractivity contribution >= 4 is 49.4 Å². The van der Waals surface area contributed by atoms with Crippen LogP contribution in [0.15, 0.2) is 100 Å². The first-order valence-electron chi connectivity index (χ1n) is 16.2. The lowest BCUT2D eigenvalue weighted by Crippen LogP contribution is -2.56. The smallest absolute Gasteiger partial charge is 0.496 e. The van der Waals surface area contributed by atoms with Gasteiger partial charge in [-0.05, 0) is 88.2 Å². The van der Waals surface area contributed by atoms with Crippen molar-refractivity contribution in [1.29, 1.82) is 0 Å². The lowest BCUT2D eigenvalue weighted by atomic mass is 10.0. The number of methoxy groups -OCH3 is 2. The van der Waals surface area contributed by atoms with Gasteiger partial charge in [-0.2, -0.15) is 17.8 Å². The van der Waals surface area contributed by atoms with Crippen LogP contribution < -0.4 is 24.7 Å². The number of aromatic hydroxyl groups is 1. The molecule has 1 aliphatic rings. The number of phenolic OH excluding ortho intramolecular Hbond substituents is 1. The molecule has 4 aromatic carbocycles. The van der Waals surface area contributed by atoms with Crippen LogP contribution >= 0.6 is 15.9 Å². The van der Waals surface area contributed by atoms with Crippen LogP contribution in [0.1, 0.15) is 24.0 Å². The number of anilines is 1. The second-order valence-electron chi connectivity index (χ2n) is 12.6. The van der Waals surface area contributed by atoms with Gasteiger partial charge >= 0.3 is 16.1 Å². The Morgan fingerprint density at radius 2 is 1.63 bits per heavy atom. The van der Waals surface area contributed by atoms with E-state index in [2.05, 4.69) is 28.3 Å². The molecule has 0 aromatic heterocycles. The number of quaternary nitrogens is 1. The van der Waals surface area contributed by atoms with E-state index in [1.807, 2.05) is 18.2 Å². The summed E-state index contributed by atoms with van der Waals surface area (Å²) in [7, 11) is 1.15. The number of hydrogen-bond donors (Lipinski definition) is 3. The molecule has 51 heavy (non-hydrogen) atoms. The number of nitrogens with zero attached hydrogens (tertiary/aromatic N) is 2. The molecule has 4 aromatic rings. The summed E-state index contributed by atoms with van der Waals surface area (Å²) in [5.74, 6) is 0.680. The Morgan fingerprint density at radius 1 is 0.961 bits per heavy atom. The van der Waals surface area contributed by atoms with Crippen molar-refractivity contribution in [2.24, 2.45) is 5.73 Å². The Hall–Kier alpha value is -4.92. The van der Waals surface area contributed by atoms with Crippen molar-refractivity contribution < 1.29 is 45.8 Å². The van der Waals surface area contributed by atoms with E-state index in [1.165, 1.54) is 47.0 Å². The molecule has 0 bridgehead atoms. The quantitative estimate of drug-likeness (QED) is 0.0972. The highest BCUT2D eigenvalue weighted by Gasteiger charge is 2.39. The maximum absolute atomic E-state index is 14.2. The molecule has 1 unspecified atom stereocenters. The molecule has 1 heterocycles. The highest BCUT2D eigenvalue weighted by atomic mass is 79.9. The van der Waals surface area contributed by atoms with Crippen molar-refractivity contribution in [3.63, 3.8) is 0 Å². The zero-order valence-corrected chi connectivity index (χ0v) is 30.9. The first kappa shape index (κ1) is 37.3. The Kier molecular flexibility index (Phi) is 11.7. The third kappa shape index (κ3) is 9.25. The zero-order valence-electron chi connectivity index (χ0n) is 28.5. The predicted molar refractivity (Wildman–Crippen MR) is 196 cm³/mol. The fourth-order valence-corrected chi connectivity index (χ4v) is 8.18. The molecule has 5 rings (SSSR count). The molecule has 0 aliphatic carbocycles. The van der Waals surface area contributed by atoms with E-state index < -0.39 is 28.1 Å². The van der Waals surface area contributed by atoms with E-state index in [0.29, 0.717) is 51.2 Å². The highest BCUT2D eigenvalue weighted by Crippen LogP contribution is 2.30. The summed E-state index contributed by atoms with van der Waals surface area (Å²) in [5, 5.41) is 12.7. The molecule has 0 spiro atoms. The fraction of sp³-hybridized carbons (Fsp3) is 0.270. The van der Waals surface area contributed by atoms with Crippen LogP contribution in [0.3, 0.4) is 0 Å². The molecule has 14 heteroatoms. The number of rotatable bonds is 12. The largest absolute Gasteiger partial charge is 0.508 e. The van der Waals surface area contributed by atoms with Crippen LogP contribution in [0.25, 0.3) is 0 Å². The van der Waals surface area contributed by atoms with Crippen molar-refractivity contribution in [3.05, 3.63) is 107 Å². The molecule has 1 aliphatic heterocycles. The average molecular weight is 782 g/mol. The topological polar surface area (TPSA) is 157 Å². The van der Waals surface area contributed by atoms with E-state index in [9.17, 15) is 23.1 Å². The van der Waals surface area contributed by atoms with Gasteiger partial charge in [-0.3, -0.25) is 4.79 Å². The van der Waals surface area contributed by atoms with Crippen molar-refractivity contribution in [3.8, 4) is 23.0 Å². The highest BCUT2D eigenvalue weighted by molar-refractivity contribution is 9.10. The van der Waals surface area contributed by atoms with Crippen molar-refractivity contribution in [2.75, 3.05) is 39.7 Å². The molecule has 1 fully saturated rings. The van der Waals surface area contributed by atoms with E-state index >= 15 is 0 Å². The minimum atomic E-state index is -4.13. The lowest BCUT2D eigenvalue weighted by Gasteiger charge is -2.38. The predicted octanol–water partition coefficient (Wildman–Crippen LogP) is 5.46. The number of carbonyl (C=O) groups excluding carboxylic acids is 2. The number of primary amides is 1. The number of hydrogen-bond acceptors (Lipinski definition) is 8. The number of carbonyl (C=O) groups is 2. The van der Waals surface area contributed by atoms with Gasteiger partial charge in [-0.15, -0.1) is 0 Å². The number of piperidine rings is 1. The van der Waals surface area contributed by atoms with Gasteiger partial charge in [0, 0.05) is 29.3 Å². The summed E-state index contributed by atoms with van der Waals surface area (Å²) >= 11 is 3.24. The third-order valence-corrected chi connectivity index (χ3v) is 11.0. The van der Waals surface area contributed by atoms with Crippen LogP contribution in [0, 0.1) is 0 Å². The van der Waals surface area contributed by atoms with E-state index in [-0.39, 0.29) is 22.8 Å². The van der Waals surface area contributed by atoms with Crippen LogP contribution in [0.4, 0.5) is 10.5 Å². The van der Waals surface area contributed by atoms with Gasteiger partial charge in [-0.1, -0.05) is 24.3 Å². The summed E-state index contributed by atoms with van der Waals surface area (Å²) in [4.78, 5) is 27.4. The number of nitrogens with one attached hydrogen (secondary N) is 1. The van der Waals surface area contributed by atoms with Crippen LogP contribution in [0.2, 0.25) is 0 Å². The van der Waals surface area contributed by atoms with Crippen LogP contribution in [0.5, 0.6) is 23.0 Å². The van der Waals surface area contributed by atoms with Gasteiger partial charge < -0.3 is 29.0 Å². The molecular weight excluding hydrogens is 740 g/mol. The maximum atomic E-state index is 14.2. The number of urea groups is 1. The van der Waals surface area contributed by atoms with Gasteiger partial charge in [0.05, 0.1) is 27.8 Å². The van der Waals surface area contributed by atoms with Gasteiger partial charge in [0.25, 0.3) is 5.91 Å². The third-order valence-electron chi connectivity index (χ3n) is 8.72. The van der Waals surface area contributed by atoms with E-state index in [0.717, 1.165) is 24.2 Å². The fourth-order valence-electron chi connectivity index (χ4n) is 6.29. The molecule has 4 N–H and O–H groups in total. The minimum absolute atomic E-state index is 0.0230. The molecule has 0 radical (unpaired) electrons. The monoisotopic (exact) mass is 780 g/mol. The standard InChI is InChI=1S/C37H39BrN4O8S/c1-42(23-26-12-19-33(48-2)34(22-26)49-3)20-6-7-28(24-42)41(32(36(39)44)21-25-10-15-29(43)16-11-25)37(45)40-27-13-17-30(18-14-27)50-51(46,47)35-9-5-4-8-31(35)38/h4-5,8-19,22,32H,6-7,20-21,23-24H2,1-3H3,(H2-2,39,40,43,44,45)/p+2/b41-28-/t32-,42?/m0/s1. The van der Waals surface area contributed by atoms with E-state index in [4.69, 9.17) is 19.4 Å². The number of benzene rings is 4. The summed E-state index contributed by atoms with van der Waals surface area (Å²) in [6.45, 7) is 1.92. The first-order chi connectivity index (χ1) is 24.3. The van der Waals surface area contributed by atoms with Crippen molar-refractivity contribution in [1.82, 2.24) is 0 Å². The number of nitrogens with two attached hydrogens (primary N) is 1. The molecule has 2 atom stereocenters. The summed E-state index contributed by atoms with van der Waals surface area (Å²) in [6.07, 6.45) is 1.43. The lowest BCUT2D eigenvalue weighted by molar-refractivity contribution is -0.918. The maximum Gasteiger partial charge on any atom is 0.496 e. The molecule has 1 saturated heterocycles. The normalized spacial score (nSPS) is 17.6. The number of amides is 3. The Labute approximate surface area is 305 Å². The molecule has 0 saturated carbocycles. The first-order valence-corrected chi connectivity index (χ1v) is 18.4. The van der Waals surface area contributed by atoms with Gasteiger partial charge in [-0.25, -0.2) is 5.32 Å².